The van der Waals surface area contributed by atoms with Gasteiger partial charge in [-0.15, -0.1) is 0 Å². The maximum Gasteiger partial charge on any atom is 0.179 e. The van der Waals surface area contributed by atoms with Gasteiger partial charge < -0.3 is 4.90 Å². The number of Topliss-reactive ketones (excluding diaryl/α,β-unsaturated/α-hetero) is 1. The molecular formula is C17H26N2O. The number of nitrogens with zero attached hydrogens (tertiary/aromatic N) is 2. The molecule has 1 fully saturated rings. The zero-order valence-corrected chi connectivity index (χ0v) is 13.3. The van der Waals surface area contributed by atoms with E-state index in [1.54, 1.807) is 0 Å². The molecule has 1 aliphatic rings. The number of carbonyl (C=O) groups is 1. The Morgan fingerprint density at radius 2 is 1.85 bits per heavy atom. The van der Waals surface area contributed by atoms with Gasteiger partial charge >= 0.3 is 0 Å². The Morgan fingerprint density at radius 3 is 2.35 bits per heavy atom. The van der Waals surface area contributed by atoms with Crippen LogP contribution < -0.4 is 0 Å². The molecule has 0 amide bonds. The van der Waals surface area contributed by atoms with Crippen molar-refractivity contribution in [1.82, 2.24) is 9.80 Å². The normalized spacial score (nSPS) is 25.1. The van der Waals surface area contributed by atoms with Crippen LogP contribution in [0.2, 0.25) is 0 Å². The summed E-state index contributed by atoms with van der Waals surface area (Å²) in [6, 6.07) is 8.41. The van der Waals surface area contributed by atoms with Gasteiger partial charge in [0, 0.05) is 24.7 Å². The van der Waals surface area contributed by atoms with Crippen LogP contribution in [0.25, 0.3) is 0 Å². The number of likely N-dealkylation sites (N-methyl/N-ethyl adjacent to an activating group) is 1. The fraction of sp³-hybridized carbons (Fsp3) is 0.588. The summed E-state index contributed by atoms with van der Waals surface area (Å²) in [6.07, 6.45) is 0. The molecule has 1 aliphatic heterocycles. The van der Waals surface area contributed by atoms with E-state index in [9.17, 15) is 4.79 Å². The van der Waals surface area contributed by atoms with E-state index in [4.69, 9.17) is 0 Å². The quantitative estimate of drug-likeness (QED) is 0.788. The van der Waals surface area contributed by atoms with Gasteiger partial charge in [-0.2, -0.15) is 0 Å². The Labute approximate surface area is 122 Å². The topological polar surface area (TPSA) is 23.6 Å². The molecule has 0 N–H and O–H groups in total. The Bertz CT molecular complexity index is 466. The molecule has 0 bridgehead atoms. The lowest BCUT2D eigenvalue weighted by Gasteiger charge is -2.25. The fourth-order valence-electron chi connectivity index (χ4n) is 3.10. The number of likely N-dealkylation sites (tertiary alicyclic amines) is 1. The standard InChI is InChI=1S/C17H26N2O/c1-12-6-8-15(9-7-12)17(20)14(3)19-10-13(2)16(11-19)18(4)5/h6-9,13-14,16H,10-11H2,1-5H3. The van der Waals surface area contributed by atoms with E-state index in [0.717, 1.165) is 18.7 Å². The molecule has 2 rings (SSSR count). The highest BCUT2D eigenvalue weighted by atomic mass is 16.1. The lowest BCUT2D eigenvalue weighted by molar-refractivity contribution is 0.0858. The van der Waals surface area contributed by atoms with Gasteiger partial charge in [0.05, 0.1) is 6.04 Å². The summed E-state index contributed by atoms with van der Waals surface area (Å²) in [7, 11) is 4.24. The minimum absolute atomic E-state index is 0.0369. The highest BCUT2D eigenvalue weighted by Crippen LogP contribution is 2.23. The maximum atomic E-state index is 12.6. The van der Waals surface area contributed by atoms with Crippen molar-refractivity contribution < 1.29 is 4.79 Å². The number of hydrogen-bond acceptors (Lipinski definition) is 3. The third kappa shape index (κ3) is 3.10. The molecule has 3 atom stereocenters. The zero-order valence-electron chi connectivity index (χ0n) is 13.3. The Kier molecular flexibility index (Phi) is 4.61. The molecule has 0 spiro atoms. The first-order valence-electron chi connectivity index (χ1n) is 7.41. The monoisotopic (exact) mass is 274 g/mol. The number of ketones is 1. The van der Waals surface area contributed by atoms with Crippen LogP contribution in [0.5, 0.6) is 0 Å². The maximum absolute atomic E-state index is 12.6. The summed E-state index contributed by atoms with van der Waals surface area (Å²) >= 11 is 0. The Balaban J connectivity index is 2.06. The van der Waals surface area contributed by atoms with Crippen LogP contribution in [-0.2, 0) is 0 Å². The number of rotatable bonds is 4. The summed E-state index contributed by atoms with van der Waals surface area (Å²) in [6.45, 7) is 8.33. The van der Waals surface area contributed by atoms with E-state index in [0.29, 0.717) is 12.0 Å². The molecule has 3 unspecified atom stereocenters. The first kappa shape index (κ1) is 15.2. The van der Waals surface area contributed by atoms with E-state index in [1.807, 2.05) is 38.1 Å². The molecule has 3 nitrogen and oxygen atoms in total. The second-order valence-electron chi connectivity index (χ2n) is 6.37. The van der Waals surface area contributed by atoms with Crippen molar-refractivity contribution in [1.29, 1.82) is 0 Å². The molecular weight excluding hydrogens is 248 g/mol. The third-order valence-electron chi connectivity index (χ3n) is 4.53. The van der Waals surface area contributed by atoms with Gasteiger partial charge in [-0.05, 0) is 33.9 Å². The molecule has 1 aromatic rings. The van der Waals surface area contributed by atoms with Crippen molar-refractivity contribution in [3.8, 4) is 0 Å². The van der Waals surface area contributed by atoms with Crippen LogP contribution >= 0.6 is 0 Å². The van der Waals surface area contributed by atoms with E-state index < -0.39 is 0 Å². The predicted molar refractivity (Wildman–Crippen MR) is 83.2 cm³/mol. The second-order valence-corrected chi connectivity index (χ2v) is 6.37. The lowest BCUT2D eigenvalue weighted by Crippen LogP contribution is -2.40. The molecule has 1 aromatic carbocycles. The molecule has 0 aromatic heterocycles. The van der Waals surface area contributed by atoms with Crippen molar-refractivity contribution >= 4 is 5.78 Å². The Hall–Kier alpha value is -1.19. The van der Waals surface area contributed by atoms with Crippen LogP contribution in [-0.4, -0.2) is 54.9 Å². The average Bonchev–Trinajstić information content (AvgIpc) is 2.80. The van der Waals surface area contributed by atoms with Gasteiger partial charge in [-0.3, -0.25) is 9.69 Å². The van der Waals surface area contributed by atoms with Crippen molar-refractivity contribution in [3.05, 3.63) is 35.4 Å². The van der Waals surface area contributed by atoms with Crippen LogP contribution in [0, 0.1) is 12.8 Å². The molecule has 0 radical (unpaired) electrons. The highest BCUT2D eigenvalue weighted by Gasteiger charge is 2.35. The fourth-order valence-corrected chi connectivity index (χ4v) is 3.10. The molecule has 3 heteroatoms. The predicted octanol–water partition coefficient (Wildman–Crippen LogP) is 2.45. The molecule has 0 saturated carbocycles. The Morgan fingerprint density at radius 1 is 1.25 bits per heavy atom. The molecule has 0 aliphatic carbocycles. The number of aryl methyl sites for hydroxylation is 1. The van der Waals surface area contributed by atoms with Crippen LogP contribution in [0.4, 0.5) is 0 Å². The van der Waals surface area contributed by atoms with Crippen LogP contribution in [0.15, 0.2) is 24.3 Å². The van der Waals surface area contributed by atoms with Crippen molar-refractivity contribution in [2.45, 2.75) is 32.9 Å². The molecule has 1 saturated heterocycles. The average molecular weight is 274 g/mol. The summed E-state index contributed by atoms with van der Waals surface area (Å²) in [5, 5.41) is 0. The summed E-state index contributed by atoms with van der Waals surface area (Å²) in [5.74, 6) is 0.842. The van der Waals surface area contributed by atoms with E-state index in [1.165, 1.54) is 5.56 Å². The van der Waals surface area contributed by atoms with E-state index >= 15 is 0 Å². The third-order valence-corrected chi connectivity index (χ3v) is 4.53. The van der Waals surface area contributed by atoms with Gasteiger partial charge in [0.1, 0.15) is 0 Å². The lowest BCUT2D eigenvalue weighted by atomic mass is 10.0. The van der Waals surface area contributed by atoms with Crippen LogP contribution in [0.1, 0.15) is 29.8 Å². The van der Waals surface area contributed by atoms with Crippen molar-refractivity contribution in [3.63, 3.8) is 0 Å². The first-order valence-corrected chi connectivity index (χ1v) is 7.41. The summed E-state index contributed by atoms with van der Waals surface area (Å²) in [5.41, 5.74) is 2.01. The SMILES string of the molecule is Cc1ccc(C(=O)C(C)N2CC(C)C(N(C)C)C2)cc1. The molecule has 1 heterocycles. The highest BCUT2D eigenvalue weighted by molar-refractivity contribution is 5.99. The summed E-state index contributed by atoms with van der Waals surface area (Å²) < 4.78 is 0. The van der Waals surface area contributed by atoms with Gasteiger partial charge in [0.2, 0.25) is 0 Å². The van der Waals surface area contributed by atoms with Gasteiger partial charge in [0.15, 0.2) is 5.78 Å². The molecule has 110 valence electrons. The zero-order chi connectivity index (χ0) is 14.9. The first-order chi connectivity index (χ1) is 9.40. The van der Waals surface area contributed by atoms with Gasteiger partial charge in [-0.25, -0.2) is 0 Å². The number of carbonyl (C=O) groups excluding carboxylic acids is 1. The van der Waals surface area contributed by atoms with Crippen LogP contribution in [0.3, 0.4) is 0 Å². The largest absolute Gasteiger partial charge is 0.305 e. The smallest absolute Gasteiger partial charge is 0.179 e. The van der Waals surface area contributed by atoms with Crippen molar-refractivity contribution in [2.75, 3.05) is 27.2 Å². The van der Waals surface area contributed by atoms with E-state index in [2.05, 4.69) is 30.8 Å². The minimum Gasteiger partial charge on any atom is -0.305 e. The van der Waals surface area contributed by atoms with Crippen molar-refractivity contribution in [2.24, 2.45) is 5.92 Å². The summed E-state index contributed by atoms with van der Waals surface area (Å²) in [4.78, 5) is 17.2. The van der Waals surface area contributed by atoms with Gasteiger partial charge in [-0.1, -0.05) is 36.8 Å². The van der Waals surface area contributed by atoms with Gasteiger partial charge in [0.25, 0.3) is 0 Å². The number of hydrogen-bond donors (Lipinski definition) is 0. The molecule has 20 heavy (non-hydrogen) atoms. The number of benzene rings is 1. The minimum atomic E-state index is -0.0369. The second kappa shape index (κ2) is 6.06. The van der Waals surface area contributed by atoms with E-state index in [-0.39, 0.29) is 11.8 Å².